The first-order valence-corrected chi connectivity index (χ1v) is 9.00. The topological polar surface area (TPSA) is 49.6 Å². The molecule has 0 bridgehead atoms. The van der Waals surface area contributed by atoms with Gasteiger partial charge in [0.2, 0.25) is 0 Å². The average molecular weight is 338 g/mol. The molecule has 25 heavy (non-hydrogen) atoms. The maximum atomic E-state index is 4.66. The number of hydrogen-bond donors (Lipinski definition) is 0. The van der Waals surface area contributed by atoms with Crippen LogP contribution in [0.25, 0.3) is 17.0 Å². The van der Waals surface area contributed by atoms with Crippen LogP contribution >= 0.6 is 0 Å². The minimum absolute atomic E-state index is 0.637. The Bertz CT molecular complexity index is 794. The van der Waals surface area contributed by atoms with Gasteiger partial charge in [0.05, 0.1) is 5.69 Å². The molecule has 0 saturated carbocycles. The van der Waals surface area contributed by atoms with Crippen molar-refractivity contribution in [2.24, 2.45) is 0 Å². The third-order valence-electron chi connectivity index (χ3n) is 4.59. The van der Waals surface area contributed by atoms with E-state index >= 15 is 0 Å². The first-order valence-electron chi connectivity index (χ1n) is 9.00. The van der Waals surface area contributed by atoms with Crippen molar-refractivity contribution < 1.29 is 0 Å². The normalized spacial score (nSPS) is 11.4. The van der Waals surface area contributed by atoms with Crippen LogP contribution in [0.1, 0.15) is 20.8 Å². The summed E-state index contributed by atoms with van der Waals surface area (Å²) in [6, 6.07) is 12.3. The second-order valence-electron chi connectivity index (χ2n) is 5.94. The summed E-state index contributed by atoms with van der Waals surface area (Å²) in [5, 5.41) is 4.38. The van der Waals surface area contributed by atoms with Gasteiger partial charge in [-0.3, -0.25) is 0 Å². The molecule has 0 spiro atoms. The van der Waals surface area contributed by atoms with E-state index in [0.29, 0.717) is 5.78 Å². The van der Waals surface area contributed by atoms with Gasteiger partial charge in [0.25, 0.3) is 5.78 Å². The number of nitrogens with zero attached hydrogens (tertiary/aromatic N) is 6. The Hall–Kier alpha value is -2.47. The first kappa shape index (κ1) is 17.4. The molecule has 0 N–H and O–H groups in total. The molecular weight excluding hydrogens is 312 g/mol. The van der Waals surface area contributed by atoms with Gasteiger partial charge in [-0.05, 0) is 20.0 Å². The molecule has 6 heteroatoms. The molecule has 3 rings (SSSR count). The Kier molecular flexibility index (Phi) is 5.60. The van der Waals surface area contributed by atoms with E-state index in [-0.39, 0.29) is 0 Å². The number of likely N-dealkylation sites (N-methyl/N-ethyl adjacent to an activating group) is 2. The third-order valence-corrected chi connectivity index (χ3v) is 4.59. The molecule has 0 saturated heterocycles. The number of fused-ring (bicyclic) bond motifs is 1. The molecule has 0 aliphatic carbocycles. The number of hydrogen-bond acceptors (Lipinski definition) is 5. The summed E-state index contributed by atoms with van der Waals surface area (Å²) in [5.74, 6) is 1.67. The van der Waals surface area contributed by atoms with Crippen LogP contribution in [0.15, 0.2) is 42.7 Å². The van der Waals surface area contributed by atoms with Crippen molar-refractivity contribution >= 4 is 11.6 Å². The number of rotatable bonds is 8. The predicted octanol–water partition coefficient (Wildman–Crippen LogP) is 2.96. The van der Waals surface area contributed by atoms with Crippen molar-refractivity contribution in [3.63, 3.8) is 0 Å². The Labute approximate surface area is 149 Å². The van der Waals surface area contributed by atoms with Crippen LogP contribution in [0.3, 0.4) is 0 Å². The van der Waals surface area contributed by atoms with Crippen LogP contribution in [-0.2, 0) is 0 Å². The zero-order valence-corrected chi connectivity index (χ0v) is 15.3. The van der Waals surface area contributed by atoms with E-state index in [1.165, 1.54) is 0 Å². The molecule has 1 aromatic carbocycles. The van der Waals surface area contributed by atoms with Crippen molar-refractivity contribution in [2.45, 2.75) is 20.8 Å². The van der Waals surface area contributed by atoms with Crippen molar-refractivity contribution in [3.05, 3.63) is 42.7 Å². The lowest BCUT2D eigenvalue weighted by molar-refractivity contribution is 0.309. The van der Waals surface area contributed by atoms with Gasteiger partial charge in [0, 0.05) is 31.3 Å². The fourth-order valence-corrected chi connectivity index (χ4v) is 3.02. The molecule has 132 valence electrons. The Balaban J connectivity index is 1.97. The molecule has 0 radical (unpaired) electrons. The molecule has 0 aliphatic rings. The van der Waals surface area contributed by atoms with Gasteiger partial charge in [0.15, 0.2) is 0 Å². The lowest BCUT2D eigenvalue weighted by Crippen LogP contribution is -2.36. The lowest BCUT2D eigenvalue weighted by atomic mass is 10.1. The van der Waals surface area contributed by atoms with E-state index in [4.69, 9.17) is 0 Å². The summed E-state index contributed by atoms with van der Waals surface area (Å²) >= 11 is 0. The van der Waals surface area contributed by atoms with Gasteiger partial charge >= 0.3 is 0 Å². The van der Waals surface area contributed by atoms with E-state index < -0.39 is 0 Å². The third kappa shape index (κ3) is 3.79. The van der Waals surface area contributed by atoms with E-state index in [0.717, 1.165) is 49.8 Å². The van der Waals surface area contributed by atoms with Crippen molar-refractivity contribution in [3.8, 4) is 11.3 Å². The van der Waals surface area contributed by atoms with E-state index in [1.54, 1.807) is 6.33 Å². The van der Waals surface area contributed by atoms with Crippen LogP contribution < -0.4 is 4.90 Å². The van der Waals surface area contributed by atoms with Crippen molar-refractivity contribution in [2.75, 3.05) is 37.6 Å². The van der Waals surface area contributed by atoms with Crippen LogP contribution in [0.5, 0.6) is 0 Å². The van der Waals surface area contributed by atoms with E-state index in [9.17, 15) is 0 Å². The lowest BCUT2D eigenvalue weighted by Gasteiger charge is -2.27. The standard InChI is InChI=1S/C19H26N6/c1-4-23(5-2)12-13-24(6-3)18-14-17(16-10-8-7-9-11-16)22-19-20-15-21-25(18)19/h7-11,14-15H,4-6,12-13H2,1-3H3. The first-order chi connectivity index (χ1) is 12.3. The number of aromatic nitrogens is 4. The maximum Gasteiger partial charge on any atom is 0.254 e. The average Bonchev–Trinajstić information content (AvgIpc) is 3.14. The second-order valence-corrected chi connectivity index (χ2v) is 5.94. The molecule has 3 aromatic rings. The van der Waals surface area contributed by atoms with Crippen molar-refractivity contribution in [1.82, 2.24) is 24.5 Å². The Morgan fingerprint density at radius 3 is 2.40 bits per heavy atom. The SMILES string of the molecule is CCN(CC)CCN(CC)c1cc(-c2ccccc2)nc2ncnn12. The van der Waals surface area contributed by atoms with Crippen LogP contribution in [0.4, 0.5) is 5.82 Å². The number of benzene rings is 1. The molecule has 6 nitrogen and oxygen atoms in total. The minimum Gasteiger partial charge on any atom is -0.355 e. The fraction of sp³-hybridized carbons (Fsp3) is 0.421. The van der Waals surface area contributed by atoms with Gasteiger partial charge in [-0.25, -0.2) is 4.98 Å². The quantitative estimate of drug-likeness (QED) is 0.632. The molecular formula is C19H26N6. The second kappa shape index (κ2) is 8.07. The van der Waals surface area contributed by atoms with Crippen LogP contribution in [-0.4, -0.2) is 57.2 Å². The summed E-state index contributed by atoms with van der Waals surface area (Å²) in [6.45, 7) is 11.6. The smallest absolute Gasteiger partial charge is 0.254 e. The highest BCUT2D eigenvalue weighted by atomic mass is 15.4. The summed E-state index contributed by atoms with van der Waals surface area (Å²) in [4.78, 5) is 13.7. The van der Waals surface area contributed by atoms with Crippen LogP contribution in [0, 0.1) is 0 Å². The van der Waals surface area contributed by atoms with E-state index in [1.807, 2.05) is 22.7 Å². The highest BCUT2D eigenvalue weighted by Gasteiger charge is 2.15. The highest BCUT2D eigenvalue weighted by Crippen LogP contribution is 2.23. The maximum absolute atomic E-state index is 4.66. The van der Waals surface area contributed by atoms with Crippen LogP contribution in [0.2, 0.25) is 0 Å². The van der Waals surface area contributed by atoms with Gasteiger partial charge < -0.3 is 9.80 Å². The molecule has 2 heterocycles. The molecule has 0 atom stereocenters. The predicted molar refractivity (Wildman–Crippen MR) is 102 cm³/mol. The molecule has 2 aromatic heterocycles. The zero-order valence-electron chi connectivity index (χ0n) is 15.3. The van der Waals surface area contributed by atoms with E-state index in [2.05, 4.69) is 63.8 Å². The van der Waals surface area contributed by atoms with Crippen molar-refractivity contribution in [1.29, 1.82) is 0 Å². The minimum atomic E-state index is 0.637. The largest absolute Gasteiger partial charge is 0.355 e. The van der Waals surface area contributed by atoms with Gasteiger partial charge in [0.1, 0.15) is 12.1 Å². The summed E-state index contributed by atoms with van der Waals surface area (Å²) in [7, 11) is 0. The molecule has 0 aliphatic heterocycles. The highest BCUT2D eigenvalue weighted by molar-refractivity contribution is 5.65. The zero-order chi connectivity index (χ0) is 17.6. The van der Waals surface area contributed by atoms with Gasteiger partial charge in [-0.1, -0.05) is 44.2 Å². The fourth-order valence-electron chi connectivity index (χ4n) is 3.02. The Morgan fingerprint density at radius 1 is 0.960 bits per heavy atom. The summed E-state index contributed by atoms with van der Waals surface area (Å²) in [6.07, 6.45) is 1.57. The monoisotopic (exact) mass is 338 g/mol. The molecule has 0 amide bonds. The summed E-state index contributed by atoms with van der Waals surface area (Å²) < 4.78 is 1.83. The van der Waals surface area contributed by atoms with Gasteiger partial charge in [-0.2, -0.15) is 14.6 Å². The van der Waals surface area contributed by atoms with Gasteiger partial charge in [-0.15, -0.1) is 0 Å². The number of anilines is 1. The summed E-state index contributed by atoms with van der Waals surface area (Å²) in [5.41, 5.74) is 2.02. The molecule has 0 fully saturated rings. The molecule has 0 unspecified atom stereocenters. The Morgan fingerprint density at radius 2 is 1.72 bits per heavy atom.